The Labute approximate surface area is 85.0 Å². The molecule has 0 N–H and O–H groups in total. The van der Waals surface area contributed by atoms with Gasteiger partial charge in [0.2, 0.25) is 0 Å². The number of hydrogen-bond donors (Lipinski definition) is 0. The summed E-state index contributed by atoms with van der Waals surface area (Å²) >= 11 is 0. The molecule has 0 radical (unpaired) electrons. The summed E-state index contributed by atoms with van der Waals surface area (Å²) < 4.78 is 5.49. The van der Waals surface area contributed by atoms with Gasteiger partial charge in [-0.1, -0.05) is 20.3 Å². The molecule has 2 heteroatoms. The van der Waals surface area contributed by atoms with Gasteiger partial charge in [0.15, 0.2) is 0 Å². The molecule has 2 saturated carbocycles. The second kappa shape index (κ2) is 2.74. The van der Waals surface area contributed by atoms with Crippen molar-refractivity contribution in [3.63, 3.8) is 0 Å². The molecule has 5 unspecified atom stereocenters. The third kappa shape index (κ3) is 0.850. The van der Waals surface area contributed by atoms with Crippen molar-refractivity contribution in [2.75, 3.05) is 0 Å². The normalized spacial score (nSPS) is 54.0. The Morgan fingerprint density at radius 1 is 1.43 bits per heavy atom. The summed E-state index contributed by atoms with van der Waals surface area (Å²) in [4.78, 5) is 11.7. The minimum Gasteiger partial charge on any atom is -0.462 e. The van der Waals surface area contributed by atoms with Crippen LogP contribution in [-0.2, 0) is 9.53 Å². The average molecular weight is 194 g/mol. The summed E-state index contributed by atoms with van der Waals surface area (Å²) in [7, 11) is 0. The first-order valence-electron chi connectivity index (χ1n) is 5.94. The molecule has 3 aliphatic rings. The van der Waals surface area contributed by atoms with Crippen LogP contribution in [0.5, 0.6) is 0 Å². The van der Waals surface area contributed by atoms with Gasteiger partial charge in [-0.05, 0) is 30.6 Å². The van der Waals surface area contributed by atoms with Gasteiger partial charge in [-0.3, -0.25) is 4.79 Å². The van der Waals surface area contributed by atoms with Crippen LogP contribution in [0.3, 0.4) is 0 Å². The van der Waals surface area contributed by atoms with E-state index in [-0.39, 0.29) is 18.0 Å². The molecule has 1 heterocycles. The molecule has 2 aliphatic carbocycles. The second-order valence-corrected chi connectivity index (χ2v) is 5.30. The van der Waals surface area contributed by atoms with E-state index in [9.17, 15) is 4.79 Å². The summed E-state index contributed by atoms with van der Waals surface area (Å²) in [5.74, 6) is 3.03. The summed E-state index contributed by atoms with van der Waals surface area (Å²) in [6.45, 7) is 4.49. The van der Waals surface area contributed by atoms with Gasteiger partial charge in [0.1, 0.15) is 6.10 Å². The first-order chi connectivity index (χ1) is 6.74. The van der Waals surface area contributed by atoms with Crippen molar-refractivity contribution in [3.8, 4) is 0 Å². The van der Waals surface area contributed by atoms with Crippen LogP contribution in [0.2, 0.25) is 0 Å². The van der Waals surface area contributed by atoms with Crippen LogP contribution >= 0.6 is 0 Å². The van der Waals surface area contributed by atoms with Crippen LogP contribution in [0.4, 0.5) is 0 Å². The number of esters is 1. The molecule has 1 saturated heterocycles. The molecule has 14 heavy (non-hydrogen) atoms. The highest BCUT2D eigenvalue weighted by molar-refractivity contribution is 5.77. The zero-order valence-electron chi connectivity index (χ0n) is 8.90. The van der Waals surface area contributed by atoms with Gasteiger partial charge in [0.05, 0.1) is 5.92 Å². The fraction of sp³-hybridized carbons (Fsp3) is 0.917. The summed E-state index contributed by atoms with van der Waals surface area (Å²) in [5.41, 5.74) is 0. The number of fused-ring (bicyclic) bond motifs is 1. The summed E-state index contributed by atoms with van der Waals surface area (Å²) in [5, 5.41) is 0. The lowest BCUT2D eigenvalue weighted by molar-refractivity contribution is -0.144. The number of carbonyl (C=O) groups is 1. The number of carbonyl (C=O) groups excluding carboxylic acids is 1. The number of hydrogen-bond acceptors (Lipinski definition) is 2. The molecular formula is C12H18O2. The second-order valence-electron chi connectivity index (χ2n) is 5.30. The van der Waals surface area contributed by atoms with E-state index in [1.54, 1.807) is 0 Å². The standard InChI is InChI=1S/C12H18O2/c1-3-4-7-8-5-9-10(7)12(13)14-11(9)6(8)2/h6-11H,3-5H2,1-2H3/t6?,7?,8-,9?,10?,11?/m1/s1. The number of ether oxygens (including phenoxy) is 1. The van der Waals surface area contributed by atoms with Crippen LogP contribution in [0.15, 0.2) is 0 Å². The lowest BCUT2D eigenvalue weighted by Crippen LogP contribution is -2.31. The quantitative estimate of drug-likeness (QED) is 0.630. The highest BCUT2D eigenvalue weighted by Gasteiger charge is 2.64. The Hall–Kier alpha value is -0.530. The van der Waals surface area contributed by atoms with E-state index >= 15 is 0 Å². The first-order valence-corrected chi connectivity index (χ1v) is 5.94. The number of rotatable bonds is 2. The predicted octanol–water partition coefficient (Wildman–Crippen LogP) is 2.23. The van der Waals surface area contributed by atoms with Crippen molar-refractivity contribution >= 4 is 5.97 Å². The largest absolute Gasteiger partial charge is 0.462 e. The van der Waals surface area contributed by atoms with E-state index in [4.69, 9.17) is 4.74 Å². The topological polar surface area (TPSA) is 26.3 Å². The summed E-state index contributed by atoms with van der Waals surface area (Å²) in [6, 6.07) is 0. The fourth-order valence-corrected chi connectivity index (χ4v) is 4.28. The van der Waals surface area contributed by atoms with Gasteiger partial charge in [-0.25, -0.2) is 0 Å². The lowest BCUT2D eigenvalue weighted by Gasteiger charge is -2.29. The molecule has 0 spiro atoms. The molecule has 3 rings (SSSR count). The highest BCUT2D eigenvalue weighted by atomic mass is 16.6. The Morgan fingerprint density at radius 3 is 2.93 bits per heavy atom. The van der Waals surface area contributed by atoms with Crippen LogP contribution in [0.1, 0.15) is 33.1 Å². The molecule has 3 fully saturated rings. The summed E-state index contributed by atoms with van der Waals surface area (Å²) in [6.07, 6.45) is 3.96. The van der Waals surface area contributed by atoms with Crippen LogP contribution in [0.25, 0.3) is 0 Å². The molecule has 6 atom stereocenters. The van der Waals surface area contributed by atoms with E-state index in [0.717, 1.165) is 5.92 Å². The zero-order valence-corrected chi connectivity index (χ0v) is 8.90. The van der Waals surface area contributed by atoms with Gasteiger partial charge >= 0.3 is 5.97 Å². The van der Waals surface area contributed by atoms with Gasteiger partial charge in [-0.2, -0.15) is 0 Å². The van der Waals surface area contributed by atoms with Crippen molar-refractivity contribution in [1.29, 1.82) is 0 Å². The zero-order chi connectivity index (χ0) is 9.87. The van der Waals surface area contributed by atoms with Crippen LogP contribution < -0.4 is 0 Å². The van der Waals surface area contributed by atoms with Gasteiger partial charge < -0.3 is 4.74 Å². The third-order valence-electron chi connectivity index (χ3n) is 4.78. The van der Waals surface area contributed by atoms with E-state index < -0.39 is 0 Å². The molecular weight excluding hydrogens is 176 g/mol. The molecule has 0 aromatic heterocycles. The van der Waals surface area contributed by atoms with E-state index in [2.05, 4.69) is 13.8 Å². The third-order valence-corrected chi connectivity index (χ3v) is 4.78. The van der Waals surface area contributed by atoms with Crippen LogP contribution in [-0.4, -0.2) is 12.1 Å². The van der Waals surface area contributed by atoms with E-state index in [0.29, 0.717) is 17.8 Å². The SMILES string of the molecule is CCCC1C2C(=O)OC3C2C[C@@H]1C3C. The average Bonchev–Trinajstić information content (AvgIpc) is 2.71. The maximum atomic E-state index is 11.7. The van der Waals surface area contributed by atoms with Crippen LogP contribution in [0, 0.1) is 29.6 Å². The maximum Gasteiger partial charge on any atom is 0.309 e. The smallest absolute Gasteiger partial charge is 0.309 e. The molecule has 78 valence electrons. The monoisotopic (exact) mass is 194 g/mol. The molecule has 0 amide bonds. The highest BCUT2D eigenvalue weighted by Crippen LogP contribution is 2.61. The molecule has 0 aromatic carbocycles. The van der Waals surface area contributed by atoms with Gasteiger partial charge in [0, 0.05) is 5.92 Å². The minimum atomic E-state index is 0.116. The fourth-order valence-electron chi connectivity index (χ4n) is 4.28. The Bertz CT molecular complexity index is 273. The van der Waals surface area contributed by atoms with Crippen molar-refractivity contribution in [2.45, 2.75) is 39.2 Å². The van der Waals surface area contributed by atoms with Gasteiger partial charge in [-0.15, -0.1) is 0 Å². The van der Waals surface area contributed by atoms with Gasteiger partial charge in [0.25, 0.3) is 0 Å². The van der Waals surface area contributed by atoms with E-state index in [1.165, 1.54) is 19.3 Å². The van der Waals surface area contributed by atoms with Crippen molar-refractivity contribution in [2.24, 2.45) is 29.6 Å². The van der Waals surface area contributed by atoms with E-state index in [1.807, 2.05) is 0 Å². The predicted molar refractivity (Wildman–Crippen MR) is 52.5 cm³/mol. The molecule has 1 aliphatic heterocycles. The Balaban J connectivity index is 1.92. The Morgan fingerprint density at radius 2 is 2.21 bits per heavy atom. The van der Waals surface area contributed by atoms with Crippen molar-refractivity contribution < 1.29 is 9.53 Å². The Kier molecular flexibility index (Phi) is 1.71. The van der Waals surface area contributed by atoms with Crippen molar-refractivity contribution in [3.05, 3.63) is 0 Å². The first kappa shape index (κ1) is 8.75. The molecule has 2 bridgehead atoms. The molecule has 2 nitrogen and oxygen atoms in total. The van der Waals surface area contributed by atoms with Crippen molar-refractivity contribution in [1.82, 2.24) is 0 Å². The molecule has 0 aromatic rings. The lowest BCUT2D eigenvalue weighted by atomic mass is 9.73. The minimum absolute atomic E-state index is 0.116. The maximum absolute atomic E-state index is 11.7.